The normalized spacial score (nSPS) is 13.9. The highest BCUT2D eigenvalue weighted by Gasteiger charge is 2.32. The van der Waals surface area contributed by atoms with Crippen molar-refractivity contribution in [3.63, 3.8) is 0 Å². The molecule has 0 N–H and O–H groups in total. The number of nitro groups is 1. The van der Waals surface area contributed by atoms with Crippen LogP contribution in [0, 0.1) is 10.1 Å². The minimum Gasteiger partial charge on any atom is -0.438 e. The summed E-state index contributed by atoms with van der Waals surface area (Å²) in [4.78, 5) is 14.3. The molecule has 27 heavy (non-hydrogen) atoms. The molecule has 1 unspecified atom stereocenters. The van der Waals surface area contributed by atoms with Crippen LogP contribution in [-0.2, 0) is 22.5 Å². The molecule has 6 nitrogen and oxygen atoms in total. The molecule has 0 aliphatic heterocycles. The van der Waals surface area contributed by atoms with Crippen molar-refractivity contribution >= 4 is 40.7 Å². The third-order valence-corrected chi connectivity index (χ3v) is 8.17. The summed E-state index contributed by atoms with van der Waals surface area (Å²) in [5.74, 6) is -0.184. The molecule has 0 fully saturated rings. The quantitative estimate of drug-likeness (QED) is 0.352. The van der Waals surface area contributed by atoms with Crippen LogP contribution >= 0.6 is 17.9 Å². The Morgan fingerprint density at radius 3 is 2.52 bits per heavy atom. The molecule has 1 aromatic carbocycles. The SMILES string of the molecule is CCP(=S)(OC)c1cc(Oc2ncc(C(F)(F)F)cc2Cl)ccc1[N+](=O)[O-]. The zero-order valence-electron chi connectivity index (χ0n) is 14.0. The van der Waals surface area contributed by atoms with E-state index in [4.69, 9.17) is 32.7 Å². The number of hydrogen-bond acceptors (Lipinski definition) is 6. The predicted molar refractivity (Wildman–Crippen MR) is 98.9 cm³/mol. The Morgan fingerprint density at radius 2 is 2.04 bits per heavy atom. The first-order valence-corrected chi connectivity index (χ1v) is 10.6. The number of ether oxygens (including phenoxy) is 1. The topological polar surface area (TPSA) is 74.5 Å². The van der Waals surface area contributed by atoms with Gasteiger partial charge in [-0.3, -0.25) is 10.1 Å². The summed E-state index contributed by atoms with van der Waals surface area (Å²) in [5, 5.41) is 11.1. The number of nitrogens with zero attached hydrogens (tertiary/aromatic N) is 2. The van der Waals surface area contributed by atoms with Crippen molar-refractivity contribution in [3.05, 3.63) is 51.2 Å². The van der Waals surface area contributed by atoms with Gasteiger partial charge in [0.05, 0.1) is 15.8 Å². The second kappa shape index (κ2) is 8.10. The molecule has 0 amide bonds. The van der Waals surface area contributed by atoms with Crippen molar-refractivity contribution in [1.82, 2.24) is 4.98 Å². The lowest BCUT2D eigenvalue weighted by Gasteiger charge is -2.19. The van der Waals surface area contributed by atoms with E-state index in [9.17, 15) is 23.3 Å². The van der Waals surface area contributed by atoms with Crippen LogP contribution < -0.4 is 10.0 Å². The third kappa shape index (κ3) is 4.76. The van der Waals surface area contributed by atoms with E-state index >= 15 is 0 Å². The number of halogens is 4. The van der Waals surface area contributed by atoms with Crippen LogP contribution in [0.2, 0.25) is 5.02 Å². The van der Waals surface area contributed by atoms with Gasteiger partial charge in [0.15, 0.2) is 0 Å². The van der Waals surface area contributed by atoms with E-state index in [1.807, 2.05) is 0 Å². The highest BCUT2D eigenvalue weighted by Crippen LogP contribution is 2.48. The van der Waals surface area contributed by atoms with E-state index < -0.39 is 22.9 Å². The molecule has 0 radical (unpaired) electrons. The fraction of sp³-hybridized carbons (Fsp3) is 0.267. The molecule has 2 rings (SSSR count). The Kier molecular flexibility index (Phi) is 6.47. The van der Waals surface area contributed by atoms with Crippen LogP contribution in [0.25, 0.3) is 0 Å². The summed E-state index contributed by atoms with van der Waals surface area (Å²) in [6.07, 6.45) is -6.34. The van der Waals surface area contributed by atoms with Crippen molar-refractivity contribution in [3.8, 4) is 11.6 Å². The molecule has 146 valence electrons. The molecule has 0 aliphatic carbocycles. The van der Waals surface area contributed by atoms with Gasteiger partial charge in [-0.05, 0) is 18.2 Å². The van der Waals surface area contributed by atoms with E-state index in [1.165, 1.54) is 25.3 Å². The van der Waals surface area contributed by atoms with Gasteiger partial charge in [-0.2, -0.15) is 13.2 Å². The van der Waals surface area contributed by atoms with Crippen LogP contribution in [0.3, 0.4) is 0 Å². The van der Waals surface area contributed by atoms with Gasteiger partial charge in [-0.15, -0.1) is 0 Å². The maximum atomic E-state index is 12.7. The van der Waals surface area contributed by atoms with Crippen molar-refractivity contribution < 1.29 is 27.4 Å². The fourth-order valence-corrected chi connectivity index (χ4v) is 4.43. The lowest BCUT2D eigenvalue weighted by atomic mass is 10.3. The van der Waals surface area contributed by atoms with Gasteiger partial charge in [0.1, 0.15) is 17.0 Å². The molecule has 0 saturated heterocycles. The summed E-state index contributed by atoms with van der Waals surface area (Å²) >= 11 is 11.3. The Bertz CT molecular complexity index is 918. The van der Waals surface area contributed by atoms with Gasteiger partial charge in [0, 0.05) is 25.5 Å². The molecule has 2 aromatic rings. The van der Waals surface area contributed by atoms with Crippen molar-refractivity contribution in [2.24, 2.45) is 0 Å². The third-order valence-electron chi connectivity index (χ3n) is 3.57. The second-order valence-electron chi connectivity index (χ2n) is 5.19. The zero-order chi connectivity index (χ0) is 20.4. The van der Waals surface area contributed by atoms with E-state index in [2.05, 4.69) is 4.98 Å². The largest absolute Gasteiger partial charge is 0.438 e. The number of alkyl halides is 3. The van der Waals surface area contributed by atoms with Gasteiger partial charge in [0.25, 0.3) is 5.69 Å². The van der Waals surface area contributed by atoms with Crippen LogP contribution in [0.4, 0.5) is 18.9 Å². The number of benzene rings is 1. The van der Waals surface area contributed by atoms with Crippen LogP contribution in [0.15, 0.2) is 30.5 Å². The van der Waals surface area contributed by atoms with Gasteiger partial charge in [-0.25, -0.2) is 4.98 Å². The minimum absolute atomic E-state index is 0.0875. The highest BCUT2D eigenvalue weighted by molar-refractivity contribution is 8.16. The molecule has 0 bridgehead atoms. The molecular formula is C15H13ClF3N2O4PS. The van der Waals surface area contributed by atoms with Crippen molar-refractivity contribution in [2.75, 3.05) is 13.3 Å². The Hall–Kier alpha value is -1.74. The monoisotopic (exact) mass is 440 g/mol. The molecule has 0 saturated carbocycles. The Morgan fingerprint density at radius 1 is 1.37 bits per heavy atom. The average molecular weight is 441 g/mol. The van der Waals surface area contributed by atoms with Gasteiger partial charge in [-0.1, -0.05) is 30.3 Å². The standard InChI is InChI=1S/C15H13ClF3N2O4PS/c1-3-26(27,24-2)13-7-10(4-5-12(13)21(22)23)25-14-11(16)6-9(8-20-14)15(17,18)19/h4-8H,3H2,1-2H3. The number of hydrogen-bond donors (Lipinski definition) is 0. The first-order valence-electron chi connectivity index (χ1n) is 7.36. The van der Waals surface area contributed by atoms with Crippen molar-refractivity contribution in [1.29, 1.82) is 0 Å². The smallest absolute Gasteiger partial charge is 0.417 e. The van der Waals surface area contributed by atoms with E-state index in [1.54, 1.807) is 6.92 Å². The van der Waals surface area contributed by atoms with Gasteiger partial charge in [0.2, 0.25) is 5.88 Å². The lowest BCUT2D eigenvalue weighted by Crippen LogP contribution is -2.13. The molecule has 1 heterocycles. The predicted octanol–water partition coefficient (Wildman–Crippen LogP) is 5.14. The summed E-state index contributed by atoms with van der Waals surface area (Å²) in [7, 11) is 1.37. The lowest BCUT2D eigenvalue weighted by molar-refractivity contribution is -0.383. The summed E-state index contributed by atoms with van der Waals surface area (Å²) in [6.45, 7) is 1.75. The molecular weight excluding hydrogens is 428 g/mol. The van der Waals surface area contributed by atoms with Gasteiger partial charge >= 0.3 is 6.18 Å². The summed E-state index contributed by atoms with van der Waals surface area (Å²) in [5.41, 5.74) is -1.24. The second-order valence-corrected chi connectivity index (χ2v) is 10.2. The molecule has 1 aromatic heterocycles. The van der Waals surface area contributed by atoms with Gasteiger partial charge < -0.3 is 9.26 Å². The summed E-state index contributed by atoms with van der Waals surface area (Å²) < 4.78 is 48.8. The summed E-state index contributed by atoms with van der Waals surface area (Å²) in [6, 6.07) is 4.49. The average Bonchev–Trinajstić information content (AvgIpc) is 2.61. The van der Waals surface area contributed by atoms with Crippen LogP contribution in [-0.4, -0.2) is 23.2 Å². The molecule has 12 heteroatoms. The minimum atomic E-state index is -4.60. The maximum Gasteiger partial charge on any atom is 0.417 e. The fourth-order valence-electron chi connectivity index (χ4n) is 2.16. The van der Waals surface area contributed by atoms with E-state index in [-0.39, 0.29) is 27.6 Å². The Balaban J connectivity index is 2.46. The number of aromatic nitrogens is 1. The Labute approximate surface area is 162 Å². The van der Waals surface area contributed by atoms with Crippen molar-refractivity contribution in [2.45, 2.75) is 13.1 Å². The number of rotatable bonds is 6. The molecule has 0 aliphatic rings. The zero-order valence-corrected chi connectivity index (χ0v) is 16.5. The van der Waals surface area contributed by atoms with E-state index in [0.29, 0.717) is 18.4 Å². The molecule has 0 spiro atoms. The highest BCUT2D eigenvalue weighted by atomic mass is 35.5. The maximum absolute atomic E-state index is 12.7. The number of pyridine rings is 1. The number of nitro benzene ring substituents is 1. The molecule has 1 atom stereocenters. The van der Waals surface area contributed by atoms with Crippen LogP contribution in [0.1, 0.15) is 12.5 Å². The first-order chi connectivity index (χ1) is 12.5. The van der Waals surface area contributed by atoms with Crippen LogP contribution in [0.5, 0.6) is 11.6 Å². The first kappa shape index (κ1) is 21.6. The van der Waals surface area contributed by atoms with E-state index in [0.717, 1.165) is 0 Å².